The minimum absolute atomic E-state index is 0.122. The quantitative estimate of drug-likeness (QED) is 0.736. The molecule has 0 spiro atoms. The van der Waals surface area contributed by atoms with Gasteiger partial charge in [-0.2, -0.15) is 13.2 Å². The summed E-state index contributed by atoms with van der Waals surface area (Å²) in [5.74, 6) is 1.00. The molecule has 1 atom stereocenters. The minimum Gasteiger partial charge on any atom is -0.493 e. The van der Waals surface area contributed by atoms with Gasteiger partial charge in [0.15, 0.2) is 11.5 Å². The smallest absolute Gasteiger partial charge is 0.418 e. The normalized spacial score (nSPS) is 16.7. The van der Waals surface area contributed by atoms with Crippen LogP contribution in [0.1, 0.15) is 17.5 Å². The number of carbonyl (C=O) groups excluding carboxylic acids is 1. The largest absolute Gasteiger partial charge is 0.493 e. The van der Waals surface area contributed by atoms with Crippen LogP contribution in [0.5, 0.6) is 17.2 Å². The fourth-order valence-corrected chi connectivity index (χ4v) is 3.59. The summed E-state index contributed by atoms with van der Waals surface area (Å²) < 4.78 is 56.0. The molecule has 162 valence electrons. The Hall–Kier alpha value is -2.94. The van der Waals surface area contributed by atoms with E-state index < -0.39 is 23.7 Å². The maximum absolute atomic E-state index is 13.3. The molecule has 1 amide bonds. The number of methoxy groups -OCH3 is 3. The molecular formula is C21H23F3N2O4. The number of hydrogen-bond donors (Lipinski definition) is 1. The molecule has 1 N–H and O–H groups in total. The first kappa shape index (κ1) is 21.8. The van der Waals surface area contributed by atoms with E-state index in [0.29, 0.717) is 23.7 Å². The van der Waals surface area contributed by atoms with Gasteiger partial charge in [-0.1, -0.05) is 18.2 Å². The molecule has 1 fully saturated rings. The van der Waals surface area contributed by atoms with Crippen LogP contribution in [0.4, 0.5) is 18.9 Å². The first-order valence-corrected chi connectivity index (χ1v) is 9.30. The van der Waals surface area contributed by atoms with Gasteiger partial charge >= 0.3 is 6.18 Å². The zero-order valence-electron chi connectivity index (χ0n) is 16.9. The summed E-state index contributed by atoms with van der Waals surface area (Å²) in [4.78, 5) is 14.0. The molecule has 0 radical (unpaired) electrons. The summed E-state index contributed by atoms with van der Waals surface area (Å²) in [5.41, 5.74) is -0.208. The van der Waals surface area contributed by atoms with Crippen molar-refractivity contribution in [1.82, 2.24) is 5.32 Å². The topological polar surface area (TPSA) is 60.0 Å². The number of para-hydroxylation sites is 1. The summed E-state index contributed by atoms with van der Waals surface area (Å²) in [6.45, 7) is 0.474. The highest BCUT2D eigenvalue weighted by Crippen LogP contribution is 2.40. The van der Waals surface area contributed by atoms with Crippen molar-refractivity contribution >= 4 is 11.6 Å². The molecule has 30 heavy (non-hydrogen) atoms. The van der Waals surface area contributed by atoms with E-state index in [4.69, 9.17) is 14.2 Å². The highest BCUT2D eigenvalue weighted by molar-refractivity contribution is 6.00. The van der Waals surface area contributed by atoms with Gasteiger partial charge in [0.1, 0.15) is 0 Å². The second-order valence-electron chi connectivity index (χ2n) is 6.72. The average Bonchev–Trinajstić information content (AvgIpc) is 3.10. The summed E-state index contributed by atoms with van der Waals surface area (Å²) in [7, 11) is 4.51. The Balaban J connectivity index is 1.77. The number of ether oxygens (including phenoxy) is 3. The predicted molar refractivity (Wildman–Crippen MR) is 105 cm³/mol. The minimum atomic E-state index is -4.53. The fourth-order valence-electron chi connectivity index (χ4n) is 3.59. The van der Waals surface area contributed by atoms with Gasteiger partial charge < -0.3 is 24.4 Å². The Bertz CT molecular complexity index is 918. The Morgan fingerprint density at radius 1 is 1.03 bits per heavy atom. The zero-order chi connectivity index (χ0) is 21.9. The Labute approximate surface area is 172 Å². The maximum Gasteiger partial charge on any atom is 0.418 e. The van der Waals surface area contributed by atoms with Crippen LogP contribution >= 0.6 is 0 Å². The molecule has 1 aliphatic rings. The molecule has 0 bridgehead atoms. The van der Waals surface area contributed by atoms with Crippen LogP contribution in [-0.4, -0.2) is 39.8 Å². The molecule has 0 aliphatic carbocycles. The highest BCUT2D eigenvalue weighted by Gasteiger charge is 2.39. The van der Waals surface area contributed by atoms with Gasteiger partial charge in [-0.3, -0.25) is 4.79 Å². The number of rotatable bonds is 7. The van der Waals surface area contributed by atoms with Crippen molar-refractivity contribution in [2.45, 2.75) is 25.2 Å². The highest BCUT2D eigenvalue weighted by atomic mass is 19.4. The van der Waals surface area contributed by atoms with Gasteiger partial charge in [0.25, 0.3) is 0 Å². The molecule has 0 aromatic heterocycles. The molecule has 9 heteroatoms. The number of benzene rings is 2. The molecule has 1 heterocycles. The predicted octanol–water partition coefficient (Wildman–Crippen LogP) is 3.63. The molecule has 2 aromatic carbocycles. The van der Waals surface area contributed by atoms with Crippen molar-refractivity contribution in [2.75, 3.05) is 32.8 Å². The van der Waals surface area contributed by atoms with Crippen molar-refractivity contribution in [2.24, 2.45) is 0 Å². The average molecular weight is 424 g/mol. The summed E-state index contributed by atoms with van der Waals surface area (Å²) in [5, 5.41) is 3.12. The number of nitrogens with one attached hydrogen (secondary N) is 1. The first-order chi connectivity index (χ1) is 14.3. The van der Waals surface area contributed by atoms with E-state index in [0.717, 1.165) is 11.6 Å². The molecule has 0 unspecified atom stereocenters. The number of nitrogens with zero attached hydrogens (tertiary/aromatic N) is 1. The fraction of sp³-hybridized carbons (Fsp3) is 0.381. The van der Waals surface area contributed by atoms with E-state index in [1.165, 1.54) is 44.4 Å². The van der Waals surface area contributed by atoms with Crippen LogP contribution in [0.2, 0.25) is 0 Å². The molecule has 1 saturated heterocycles. The Morgan fingerprint density at radius 2 is 1.73 bits per heavy atom. The molecule has 2 aromatic rings. The lowest BCUT2D eigenvalue weighted by Crippen LogP contribution is -2.38. The number of hydrogen-bond acceptors (Lipinski definition) is 5. The van der Waals surface area contributed by atoms with Gasteiger partial charge in [0, 0.05) is 18.7 Å². The summed E-state index contributed by atoms with van der Waals surface area (Å²) in [6, 6.07) is 8.01. The van der Waals surface area contributed by atoms with Crippen LogP contribution in [0, 0.1) is 0 Å². The van der Waals surface area contributed by atoms with Crippen molar-refractivity contribution in [3.63, 3.8) is 0 Å². The van der Waals surface area contributed by atoms with E-state index in [1.54, 1.807) is 12.1 Å². The van der Waals surface area contributed by atoms with Crippen molar-refractivity contribution in [3.05, 3.63) is 47.5 Å². The van der Waals surface area contributed by atoms with E-state index in [1.807, 2.05) is 0 Å². The van der Waals surface area contributed by atoms with Crippen LogP contribution in [0.15, 0.2) is 36.4 Å². The third-order valence-electron chi connectivity index (χ3n) is 5.03. The Kier molecular flexibility index (Phi) is 6.40. The molecule has 6 nitrogen and oxygen atoms in total. The number of amides is 1. The Morgan fingerprint density at radius 3 is 2.37 bits per heavy atom. The van der Waals surface area contributed by atoms with Crippen molar-refractivity contribution < 1.29 is 32.2 Å². The van der Waals surface area contributed by atoms with Crippen LogP contribution < -0.4 is 24.4 Å². The van der Waals surface area contributed by atoms with Gasteiger partial charge in [0.05, 0.1) is 38.6 Å². The molecule has 0 saturated carbocycles. The second kappa shape index (κ2) is 8.83. The van der Waals surface area contributed by atoms with Crippen LogP contribution in [0.3, 0.4) is 0 Å². The maximum atomic E-state index is 13.3. The van der Waals surface area contributed by atoms with E-state index >= 15 is 0 Å². The van der Waals surface area contributed by atoms with Crippen LogP contribution in [0.25, 0.3) is 0 Å². The number of anilines is 1. The van der Waals surface area contributed by atoms with Gasteiger partial charge in [-0.25, -0.2) is 0 Å². The SMILES string of the molecule is COc1ccc(CN[C@H]2CCN(c3ccccc3C(F)(F)F)C2=O)c(OC)c1OC. The van der Waals surface area contributed by atoms with E-state index in [9.17, 15) is 18.0 Å². The third-order valence-corrected chi connectivity index (χ3v) is 5.03. The van der Waals surface area contributed by atoms with E-state index in [-0.39, 0.29) is 18.8 Å². The zero-order valence-corrected chi connectivity index (χ0v) is 16.9. The molecule has 3 rings (SSSR count). The van der Waals surface area contributed by atoms with Crippen molar-refractivity contribution in [3.8, 4) is 17.2 Å². The van der Waals surface area contributed by atoms with Crippen molar-refractivity contribution in [1.29, 1.82) is 0 Å². The van der Waals surface area contributed by atoms with Gasteiger partial charge in [-0.15, -0.1) is 0 Å². The first-order valence-electron chi connectivity index (χ1n) is 9.30. The molecular weight excluding hydrogens is 401 g/mol. The lowest BCUT2D eigenvalue weighted by molar-refractivity contribution is -0.137. The lowest BCUT2D eigenvalue weighted by atomic mass is 10.1. The van der Waals surface area contributed by atoms with Gasteiger partial charge in [0.2, 0.25) is 11.7 Å². The van der Waals surface area contributed by atoms with Gasteiger partial charge in [-0.05, 0) is 24.6 Å². The molecule has 1 aliphatic heterocycles. The summed E-state index contributed by atoms with van der Waals surface area (Å²) >= 11 is 0. The lowest BCUT2D eigenvalue weighted by Gasteiger charge is -2.22. The second-order valence-corrected chi connectivity index (χ2v) is 6.72. The number of alkyl halides is 3. The number of halogens is 3. The number of carbonyl (C=O) groups is 1. The summed E-state index contributed by atoms with van der Waals surface area (Å²) in [6.07, 6.45) is -4.14. The standard InChI is InChI=1S/C21H23F3N2O4/c1-28-17-9-8-13(18(29-2)19(17)30-3)12-25-15-10-11-26(20(15)27)16-7-5-4-6-14(16)21(22,23)24/h4-9,15,25H,10-12H2,1-3H3/t15-/m0/s1. The van der Waals surface area contributed by atoms with Crippen LogP contribution in [-0.2, 0) is 17.5 Å². The third kappa shape index (κ3) is 4.16. The monoisotopic (exact) mass is 424 g/mol. The van der Waals surface area contributed by atoms with E-state index in [2.05, 4.69) is 5.32 Å².